The Hall–Kier alpha value is -3.44. The van der Waals surface area contributed by atoms with Crippen molar-refractivity contribution in [3.63, 3.8) is 0 Å². The predicted octanol–water partition coefficient (Wildman–Crippen LogP) is 5.72. The smallest absolute Gasteiger partial charge is 0.258 e. The Morgan fingerprint density at radius 1 is 1.07 bits per heavy atom. The lowest BCUT2D eigenvalue weighted by Crippen LogP contribution is -1.96. The van der Waals surface area contributed by atoms with Crippen LogP contribution in [0.5, 0.6) is 0 Å². The van der Waals surface area contributed by atoms with Crippen molar-refractivity contribution in [3.8, 4) is 11.4 Å². The van der Waals surface area contributed by atoms with E-state index >= 15 is 0 Å². The molecule has 0 spiro atoms. The van der Waals surface area contributed by atoms with Crippen molar-refractivity contribution in [1.29, 1.82) is 0 Å². The fraction of sp³-hybridized carbons (Fsp3) is 0.0870. The first kappa shape index (κ1) is 18.9. The van der Waals surface area contributed by atoms with E-state index in [9.17, 15) is 0 Å². The number of nitrogens with zero attached hydrogens (tertiary/aromatic N) is 3. The van der Waals surface area contributed by atoms with E-state index in [-0.39, 0.29) is 0 Å². The van der Waals surface area contributed by atoms with Crippen LogP contribution in [-0.2, 0) is 0 Å². The molecule has 0 amide bonds. The van der Waals surface area contributed by atoms with Crippen molar-refractivity contribution in [2.24, 2.45) is 0 Å². The van der Waals surface area contributed by atoms with Gasteiger partial charge in [-0.25, -0.2) is 4.98 Å². The van der Waals surface area contributed by atoms with Gasteiger partial charge in [0.25, 0.3) is 5.89 Å². The van der Waals surface area contributed by atoms with Crippen LogP contribution in [0, 0.1) is 6.92 Å². The van der Waals surface area contributed by atoms with Crippen molar-refractivity contribution in [2.45, 2.75) is 6.92 Å². The van der Waals surface area contributed by atoms with Gasteiger partial charge in [0.15, 0.2) is 0 Å². The van der Waals surface area contributed by atoms with Crippen LogP contribution >= 0.6 is 11.6 Å². The summed E-state index contributed by atoms with van der Waals surface area (Å²) >= 11 is 6.24. The maximum absolute atomic E-state index is 6.24. The zero-order chi connectivity index (χ0) is 20.2. The van der Waals surface area contributed by atoms with Crippen LogP contribution < -0.4 is 5.32 Å². The van der Waals surface area contributed by atoms with E-state index in [0.29, 0.717) is 22.6 Å². The summed E-state index contributed by atoms with van der Waals surface area (Å²) in [6.45, 7) is 2.06. The van der Waals surface area contributed by atoms with Gasteiger partial charge in [-0.1, -0.05) is 53.2 Å². The Bertz CT molecular complexity index is 1180. The molecule has 0 saturated carbocycles. The summed E-state index contributed by atoms with van der Waals surface area (Å²) in [6, 6.07) is 19.5. The Morgan fingerprint density at radius 3 is 2.72 bits per heavy atom. The number of nitrogens with one attached hydrogen (secondary N) is 1. The molecule has 0 fully saturated rings. The van der Waals surface area contributed by atoms with Gasteiger partial charge in [0.05, 0.1) is 5.56 Å². The SMILES string of the molecule is CNc1ncccc1-c1noc(/C(=C/c2ccccc2C)c2cccc(Cl)c2)n1. The number of aromatic nitrogens is 3. The molecule has 5 nitrogen and oxygen atoms in total. The minimum Gasteiger partial charge on any atom is -0.373 e. The second kappa shape index (κ2) is 8.29. The molecule has 4 rings (SSSR count). The second-order valence-corrected chi connectivity index (χ2v) is 6.93. The van der Waals surface area contributed by atoms with Gasteiger partial charge in [0.1, 0.15) is 5.82 Å². The van der Waals surface area contributed by atoms with E-state index in [4.69, 9.17) is 16.1 Å². The number of pyridine rings is 1. The first-order valence-corrected chi connectivity index (χ1v) is 9.54. The number of benzene rings is 2. The van der Waals surface area contributed by atoms with Crippen LogP contribution in [0.3, 0.4) is 0 Å². The Kier molecular flexibility index (Phi) is 5.40. The topological polar surface area (TPSA) is 63.8 Å². The number of rotatable bonds is 5. The predicted molar refractivity (Wildman–Crippen MR) is 117 cm³/mol. The fourth-order valence-electron chi connectivity index (χ4n) is 3.06. The van der Waals surface area contributed by atoms with Gasteiger partial charge in [-0.2, -0.15) is 4.98 Å². The zero-order valence-electron chi connectivity index (χ0n) is 16.1. The van der Waals surface area contributed by atoms with Crippen LogP contribution in [0.25, 0.3) is 23.0 Å². The van der Waals surface area contributed by atoms with Crippen molar-refractivity contribution in [1.82, 2.24) is 15.1 Å². The molecule has 0 unspecified atom stereocenters. The van der Waals surface area contributed by atoms with Crippen LogP contribution in [0.2, 0.25) is 5.02 Å². The number of anilines is 1. The number of hydrogen-bond donors (Lipinski definition) is 1. The summed E-state index contributed by atoms with van der Waals surface area (Å²) in [6.07, 6.45) is 3.76. The third-order valence-electron chi connectivity index (χ3n) is 4.57. The largest absolute Gasteiger partial charge is 0.373 e. The molecule has 144 valence electrons. The molecule has 0 bridgehead atoms. The molecule has 0 atom stereocenters. The minimum absolute atomic E-state index is 0.413. The normalized spacial score (nSPS) is 11.5. The molecule has 0 saturated heterocycles. The lowest BCUT2D eigenvalue weighted by atomic mass is 10.0. The average molecular weight is 403 g/mol. The molecule has 0 radical (unpaired) electrons. The van der Waals surface area contributed by atoms with E-state index in [1.54, 1.807) is 6.20 Å². The number of halogens is 1. The zero-order valence-corrected chi connectivity index (χ0v) is 16.8. The third kappa shape index (κ3) is 4.05. The summed E-state index contributed by atoms with van der Waals surface area (Å²) in [5, 5.41) is 7.88. The molecule has 0 aliphatic heterocycles. The summed E-state index contributed by atoms with van der Waals surface area (Å²) < 4.78 is 5.66. The van der Waals surface area contributed by atoms with Crippen LogP contribution in [-0.4, -0.2) is 22.2 Å². The molecule has 2 aromatic heterocycles. The Morgan fingerprint density at radius 2 is 1.93 bits per heavy atom. The first-order chi connectivity index (χ1) is 14.2. The third-order valence-corrected chi connectivity index (χ3v) is 4.80. The lowest BCUT2D eigenvalue weighted by molar-refractivity contribution is 0.409. The van der Waals surface area contributed by atoms with Gasteiger partial charge in [-0.15, -0.1) is 0 Å². The van der Waals surface area contributed by atoms with Gasteiger partial charge in [-0.3, -0.25) is 0 Å². The Balaban J connectivity index is 1.85. The molecular formula is C23H19ClN4O. The van der Waals surface area contributed by atoms with Crippen molar-refractivity contribution in [3.05, 3.63) is 94.5 Å². The van der Waals surface area contributed by atoms with Crippen molar-refractivity contribution < 1.29 is 4.52 Å². The highest BCUT2D eigenvalue weighted by atomic mass is 35.5. The highest BCUT2D eigenvalue weighted by Crippen LogP contribution is 2.30. The molecule has 29 heavy (non-hydrogen) atoms. The monoisotopic (exact) mass is 402 g/mol. The highest BCUT2D eigenvalue weighted by Gasteiger charge is 2.17. The summed E-state index contributed by atoms with van der Waals surface area (Å²) in [7, 11) is 1.81. The van der Waals surface area contributed by atoms with Crippen LogP contribution in [0.4, 0.5) is 5.82 Å². The van der Waals surface area contributed by atoms with E-state index in [1.165, 1.54) is 0 Å². The fourth-order valence-corrected chi connectivity index (χ4v) is 3.25. The molecular weight excluding hydrogens is 384 g/mol. The molecule has 0 aliphatic rings. The van der Waals surface area contributed by atoms with Gasteiger partial charge < -0.3 is 9.84 Å². The second-order valence-electron chi connectivity index (χ2n) is 6.50. The van der Waals surface area contributed by atoms with Gasteiger partial charge in [0, 0.05) is 23.8 Å². The van der Waals surface area contributed by atoms with E-state index < -0.39 is 0 Å². The number of hydrogen-bond acceptors (Lipinski definition) is 5. The van der Waals surface area contributed by atoms with E-state index in [2.05, 4.69) is 39.5 Å². The quantitative estimate of drug-likeness (QED) is 0.432. The molecule has 2 heterocycles. The molecule has 4 aromatic rings. The van der Waals surface area contributed by atoms with Gasteiger partial charge in [-0.05, 0) is 54.0 Å². The minimum atomic E-state index is 0.413. The van der Waals surface area contributed by atoms with Crippen LogP contribution in [0.1, 0.15) is 22.6 Å². The maximum atomic E-state index is 6.24. The molecule has 1 N–H and O–H groups in total. The average Bonchev–Trinajstić information content (AvgIpc) is 3.23. The Labute approximate surface area is 174 Å². The molecule has 6 heteroatoms. The standard InChI is InChI=1S/C23H19ClN4O/c1-15-7-3-4-8-16(15)14-20(17-9-5-10-18(24)13-17)23-27-22(28-29-23)19-11-6-12-26-21(19)25-2/h3-14H,1-2H3,(H,25,26)/b20-14+. The van der Waals surface area contributed by atoms with E-state index in [0.717, 1.165) is 27.8 Å². The highest BCUT2D eigenvalue weighted by molar-refractivity contribution is 6.30. The van der Waals surface area contributed by atoms with Crippen molar-refractivity contribution in [2.75, 3.05) is 12.4 Å². The van der Waals surface area contributed by atoms with Gasteiger partial charge >= 0.3 is 0 Å². The van der Waals surface area contributed by atoms with Crippen LogP contribution in [0.15, 0.2) is 71.4 Å². The summed E-state index contributed by atoms with van der Waals surface area (Å²) in [4.78, 5) is 8.96. The maximum Gasteiger partial charge on any atom is 0.258 e. The molecule has 0 aliphatic carbocycles. The number of aryl methyl sites for hydroxylation is 1. The van der Waals surface area contributed by atoms with Crippen molar-refractivity contribution >= 4 is 29.1 Å². The summed E-state index contributed by atoms with van der Waals surface area (Å²) in [5.74, 6) is 1.57. The molecule has 2 aromatic carbocycles. The van der Waals surface area contributed by atoms with E-state index in [1.807, 2.05) is 61.7 Å². The first-order valence-electron chi connectivity index (χ1n) is 9.16. The summed E-state index contributed by atoms with van der Waals surface area (Å²) in [5.41, 5.74) is 4.69. The lowest BCUT2D eigenvalue weighted by Gasteiger charge is -2.06. The van der Waals surface area contributed by atoms with Gasteiger partial charge in [0.2, 0.25) is 5.82 Å².